The van der Waals surface area contributed by atoms with Crippen molar-refractivity contribution >= 4 is 10.8 Å². The van der Waals surface area contributed by atoms with Gasteiger partial charge in [0, 0.05) is 17.4 Å². The van der Waals surface area contributed by atoms with E-state index in [-0.39, 0.29) is 5.60 Å². The first-order valence-corrected chi connectivity index (χ1v) is 5.95. The Bertz CT molecular complexity index is 572. The van der Waals surface area contributed by atoms with Crippen LogP contribution in [0.3, 0.4) is 0 Å². The van der Waals surface area contributed by atoms with Gasteiger partial charge in [0.15, 0.2) is 0 Å². The Morgan fingerprint density at radius 3 is 2.76 bits per heavy atom. The maximum atomic E-state index is 10.2. The second-order valence-electron chi connectivity index (χ2n) is 5.29. The van der Waals surface area contributed by atoms with Crippen molar-refractivity contribution in [3.05, 3.63) is 42.0 Å². The average Bonchev–Trinajstić information content (AvgIpc) is 2.27. The normalized spacial score (nSPS) is 21.9. The minimum Gasteiger partial charge on any atom is -0.487 e. The Hall–Kier alpha value is -1.54. The summed E-state index contributed by atoms with van der Waals surface area (Å²) in [5, 5.41) is 12.4. The zero-order valence-electron chi connectivity index (χ0n) is 10.1. The molecular formula is C15H16O2. The number of hydrogen-bond acceptors (Lipinski definition) is 2. The molecule has 2 heteroatoms. The van der Waals surface area contributed by atoms with Crippen LogP contribution < -0.4 is 4.74 Å². The molecule has 0 radical (unpaired) electrons. The van der Waals surface area contributed by atoms with E-state index in [1.54, 1.807) is 0 Å². The second kappa shape index (κ2) is 3.47. The molecule has 0 saturated heterocycles. The quantitative estimate of drug-likeness (QED) is 0.748. The van der Waals surface area contributed by atoms with Crippen LogP contribution >= 0.6 is 0 Å². The number of fused-ring (bicyclic) bond motifs is 3. The summed E-state index contributed by atoms with van der Waals surface area (Å²) in [6.07, 6.45) is 0.205. The predicted octanol–water partition coefficient (Wildman–Crippen LogP) is 3.43. The van der Waals surface area contributed by atoms with Gasteiger partial charge in [0.2, 0.25) is 0 Å². The summed E-state index contributed by atoms with van der Waals surface area (Å²) >= 11 is 0. The third-order valence-corrected chi connectivity index (χ3v) is 3.33. The summed E-state index contributed by atoms with van der Waals surface area (Å²) in [6, 6.07) is 12.1. The molecule has 17 heavy (non-hydrogen) atoms. The molecule has 0 amide bonds. The number of ether oxygens (including phenoxy) is 1. The lowest BCUT2D eigenvalue weighted by Crippen LogP contribution is -2.34. The van der Waals surface area contributed by atoms with Gasteiger partial charge < -0.3 is 9.84 Å². The Labute approximate surface area is 101 Å². The summed E-state index contributed by atoms with van der Waals surface area (Å²) in [6.45, 7) is 4.03. The van der Waals surface area contributed by atoms with Crippen molar-refractivity contribution in [1.29, 1.82) is 0 Å². The Balaban J connectivity index is 2.28. The van der Waals surface area contributed by atoms with Crippen LogP contribution in [-0.4, -0.2) is 10.7 Å². The molecular weight excluding hydrogens is 212 g/mol. The van der Waals surface area contributed by atoms with Crippen molar-refractivity contribution in [3.8, 4) is 5.75 Å². The standard InChI is InChI=1S/C15H16O2/c1-15(2)9-13(16)12-8-7-10-5-3-4-6-11(10)14(12)17-15/h3-8,13,16H,9H2,1-2H3. The number of aliphatic hydroxyl groups excluding tert-OH is 1. The molecule has 2 aromatic carbocycles. The maximum Gasteiger partial charge on any atom is 0.133 e. The molecule has 1 aliphatic heterocycles. The predicted molar refractivity (Wildman–Crippen MR) is 68.2 cm³/mol. The second-order valence-corrected chi connectivity index (χ2v) is 5.29. The van der Waals surface area contributed by atoms with Gasteiger partial charge in [-0.15, -0.1) is 0 Å². The first kappa shape index (κ1) is 10.6. The fourth-order valence-electron chi connectivity index (χ4n) is 2.53. The zero-order valence-corrected chi connectivity index (χ0v) is 10.1. The number of hydrogen-bond donors (Lipinski definition) is 1. The molecule has 2 aromatic rings. The third-order valence-electron chi connectivity index (χ3n) is 3.33. The van der Waals surface area contributed by atoms with Crippen molar-refractivity contribution < 1.29 is 9.84 Å². The van der Waals surface area contributed by atoms with Gasteiger partial charge in [-0.2, -0.15) is 0 Å². The molecule has 1 N–H and O–H groups in total. The molecule has 0 aliphatic carbocycles. The van der Waals surface area contributed by atoms with Gasteiger partial charge in [-0.1, -0.05) is 36.4 Å². The third kappa shape index (κ3) is 1.69. The maximum absolute atomic E-state index is 10.2. The highest BCUT2D eigenvalue weighted by molar-refractivity contribution is 5.90. The first-order valence-electron chi connectivity index (χ1n) is 5.95. The van der Waals surface area contributed by atoms with E-state index in [2.05, 4.69) is 6.07 Å². The van der Waals surface area contributed by atoms with Gasteiger partial charge in [0.25, 0.3) is 0 Å². The first-order chi connectivity index (χ1) is 8.07. The van der Waals surface area contributed by atoms with Crippen LogP contribution in [0.5, 0.6) is 5.75 Å². The fourth-order valence-corrected chi connectivity index (χ4v) is 2.53. The Morgan fingerprint density at radius 2 is 1.94 bits per heavy atom. The molecule has 2 nitrogen and oxygen atoms in total. The molecule has 3 rings (SSSR count). The minimum atomic E-state index is -0.432. The van der Waals surface area contributed by atoms with Gasteiger partial charge in [0.05, 0.1) is 6.10 Å². The summed E-state index contributed by atoms with van der Waals surface area (Å²) in [5.41, 5.74) is 0.597. The molecule has 0 spiro atoms. The van der Waals surface area contributed by atoms with Crippen molar-refractivity contribution in [3.63, 3.8) is 0 Å². The largest absolute Gasteiger partial charge is 0.487 e. The highest BCUT2D eigenvalue weighted by Crippen LogP contribution is 2.43. The van der Waals surface area contributed by atoms with Crippen LogP contribution in [0, 0.1) is 0 Å². The highest BCUT2D eigenvalue weighted by atomic mass is 16.5. The topological polar surface area (TPSA) is 29.5 Å². The number of benzene rings is 2. The van der Waals surface area contributed by atoms with Gasteiger partial charge >= 0.3 is 0 Å². The molecule has 88 valence electrons. The summed E-state index contributed by atoms with van der Waals surface area (Å²) in [7, 11) is 0. The highest BCUT2D eigenvalue weighted by Gasteiger charge is 2.33. The molecule has 1 aliphatic rings. The molecule has 1 unspecified atom stereocenters. The zero-order chi connectivity index (χ0) is 12.0. The number of aliphatic hydroxyl groups is 1. The number of rotatable bonds is 0. The van der Waals surface area contributed by atoms with Gasteiger partial charge in [-0.05, 0) is 19.2 Å². The summed E-state index contributed by atoms with van der Waals surface area (Å²) in [4.78, 5) is 0. The smallest absolute Gasteiger partial charge is 0.133 e. The molecule has 0 bridgehead atoms. The van der Waals surface area contributed by atoms with E-state index in [4.69, 9.17) is 4.74 Å². The van der Waals surface area contributed by atoms with Crippen LogP contribution in [0.25, 0.3) is 10.8 Å². The van der Waals surface area contributed by atoms with Crippen molar-refractivity contribution in [2.75, 3.05) is 0 Å². The van der Waals surface area contributed by atoms with Gasteiger partial charge in [-0.3, -0.25) is 0 Å². The fraction of sp³-hybridized carbons (Fsp3) is 0.333. The molecule has 0 saturated carbocycles. The lowest BCUT2D eigenvalue weighted by molar-refractivity contribution is 0.0130. The van der Waals surface area contributed by atoms with E-state index < -0.39 is 6.10 Å². The van der Waals surface area contributed by atoms with Crippen molar-refractivity contribution in [2.45, 2.75) is 32.0 Å². The molecule has 0 fully saturated rings. The molecule has 0 aromatic heterocycles. The van der Waals surface area contributed by atoms with E-state index in [1.807, 2.05) is 44.2 Å². The van der Waals surface area contributed by atoms with Gasteiger partial charge in [-0.25, -0.2) is 0 Å². The SMILES string of the molecule is CC1(C)CC(O)c2ccc3ccccc3c2O1. The van der Waals surface area contributed by atoms with Crippen LogP contribution in [0.15, 0.2) is 36.4 Å². The van der Waals surface area contributed by atoms with Crippen molar-refractivity contribution in [1.82, 2.24) is 0 Å². The summed E-state index contributed by atoms with van der Waals surface area (Å²) in [5.74, 6) is 0.840. The van der Waals surface area contributed by atoms with Crippen LogP contribution in [0.2, 0.25) is 0 Å². The summed E-state index contributed by atoms with van der Waals surface area (Å²) < 4.78 is 6.04. The lowest BCUT2D eigenvalue weighted by Gasteiger charge is -2.36. The lowest BCUT2D eigenvalue weighted by atomic mass is 9.90. The minimum absolute atomic E-state index is 0.309. The average molecular weight is 228 g/mol. The molecule has 1 atom stereocenters. The Morgan fingerprint density at radius 1 is 1.18 bits per heavy atom. The van der Waals surface area contributed by atoms with Crippen LogP contribution in [-0.2, 0) is 0 Å². The van der Waals surface area contributed by atoms with E-state index in [0.717, 1.165) is 22.1 Å². The van der Waals surface area contributed by atoms with Gasteiger partial charge in [0.1, 0.15) is 11.4 Å². The van der Waals surface area contributed by atoms with E-state index >= 15 is 0 Å². The van der Waals surface area contributed by atoms with Crippen molar-refractivity contribution in [2.24, 2.45) is 0 Å². The van der Waals surface area contributed by atoms with E-state index in [0.29, 0.717) is 6.42 Å². The molecule has 1 heterocycles. The Kier molecular flexibility index (Phi) is 2.17. The van der Waals surface area contributed by atoms with E-state index in [9.17, 15) is 5.11 Å². The van der Waals surface area contributed by atoms with Crippen LogP contribution in [0.4, 0.5) is 0 Å². The van der Waals surface area contributed by atoms with E-state index in [1.165, 1.54) is 0 Å². The monoisotopic (exact) mass is 228 g/mol. The van der Waals surface area contributed by atoms with Crippen LogP contribution in [0.1, 0.15) is 31.9 Å².